The molecule has 0 aromatic heterocycles. The Morgan fingerprint density at radius 1 is 1.03 bits per heavy atom. The third-order valence-corrected chi connectivity index (χ3v) is 5.86. The molecule has 1 aliphatic rings. The Balaban J connectivity index is 1.57. The Bertz CT molecular complexity index is 1070. The number of anilines is 1. The first-order valence-corrected chi connectivity index (χ1v) is 10.7. The quantitative estimate of drug-likeness (QED) is 0.456. The van der Waals surface area contributed by atoms with E-state index < -0.39 is 11.5 Å². The average molecular weight is 432 g/mol. The highest BCUT2D eigenvalue weighted by Gasteiger charge is 2.39. The third-order valence-electron chi connectivity index (χ3n) is 5.86. The van der Waals surface area contributed by atoms with Gasteiger partial charge >= 0.3 is 0 Å². The standard InChI is InChI=1S/C26H26FN3O2/c1-19-16-24(30-14-8-9-15-30)23(27)17-20(19)18-28-29-25(31)26(32,21-10-4-2-5-11-21)22-12-6-3-7-13-22/h2-7,10-13,16-18,32H,8-9,14-15H2,1H3,(H,29,31)/b28-18-. The maximum absolute atomic E-state index is 14.7. The van der Waals surface area contributed by atoms with E-state index in [4.69, 9.17) is 0 Å². The lowest BCUT2D eigenvalue weighted by Crippen LogP contribution is -2.43. The molecular formula is C26H26FN3O2. The zero-order chi connectivity index (χ0) is 22.6. The van der Waals surface area contributed by atoms with Crippen LogP contribution in [0, 0.1) is 12.7 Å². The fraction of sp³-hybridized carbons (Fsp3) is 0.231. The number of carbonyl (C=O) groups is 1. The van der Waals surface area contributed by atoms with Crippen molar-refractivity contribution < 1.29 is 14.3 Å². The van der Waals surface area contributed by atoms with Crippen molar-refractivity contribution in [3.63, 3.8) is 0 Å². The number of nitrogens with zero attached hydrogens (tertiary/aromatic N) is 2. The van der Waals surface area contributed by atoms with Crippen molar-refractivity contribution in [1.82, 2.24) is 5.43 Å². The minimum atomic E-state index is -1.92. The fourth-order valence-electron chi connectivity index (χ4n) is 4.05. The van der Waals surface area contributed by atoms with Gasteiger partial charge in [0, 0.05) is 18.7 Å². The van der Waals surface area contributed by atoms with Gasteiger partial charge < -0.3 is 10.0 Å². The minimum absolute atomic E-state index is 0.310. The van der Waals surface area contributed by atoms with Crippen LogP contribution in [0.1, 0.15) is 35.1 Å². The van der Waals surface area contributed by atoms with E-state index >= 15 is 0 Å². The van der Waals surface area contributed by atoms with E-state index in [0.29, 0.717) is 22.4 Å². The summed E-state index contributed by atoms with van der Waals surface area (Å²) < 4.78 is 14.7. The van der Waals surface area contributed by atoms with E-state index in [1.54, 1.807) is 48.5 Å². The van der Waals surface area contributed by atoms with Crippen LogP contribution >= 0.6 is 0 Å². The lowest BCUT2D eigenvalue weighted by Gasteiger charge is -2.27. The second-order valence-corrected chi connectivity index (χ2v) is 8.00. The normalized spacial score (nSPS) is 14.2. The molecule has 0 aliphatic carbocycles. The van der Waals surface area contributed by atoms with Gasteiger partial charge in [0.05, 0.1) is 11.9 Å². The molecule has 3 aromatic carbocycles. The lowest BCUT2D eigenvalue weighted by atomic mass is 9.85. The second-order valence-electron chi connectivity index (χ2n) is 8.00. The van der Waals surface area contributed by atoms with Crippen molar-refractivity contribution in [2.75, 3.05) is 18.0 Å². The van der Waals surface area contributed by atoms with Gasteiger partial charge in [0.2, 0.25) is 0 Å². The summed E-state index contributed by atoms with van der Waals surface area (Å²) >= 11 is 0. The first-order valence-electron chi connectivity index (χ1n) is 10.7. The van der Waals surface area contributed by atoms with Crippen LogP contribution in [0.25, 0.3) is 0 Å². The number of hydrogen-bond acceptors (Lipinski definition) is 4. The van der Waals surface area contributed by atoms with E-state index in [9.17, 15) is 14.3 Å². The lowest BCUT2D eigenvalue weighted by molar-refractivity contribution is -0.136. The first-order chi connectivity index (χ1) is 15.5. The summed E-state index contributed by atoms with van der Waals surface area (Å²) in [4.78, 5) is 15.1. The predicted octanol–water partition coefficient (Wildman–Crippen LogP) is 4.12. The number of aliphatic hydroxyl groups is 1. The predicted molar refractivity (Wildman–Crippen MR) is 124 cm³/mol. The molecule has 0 saturated carbocycles. The summed E-state index contributed by atoms with van der Waals surface area (Å²) in [6.45, 7) is 3.60. The van der Waals surface area contributed by atoms with E-state index in [2.05, 4.69) is 10.5 Å². The number of hydrogen-bond donors (Lipinski definition) is 2. The summed E-state index contributed by atoms with van der Waals surface area (Å²) in [7, 11) is 0. The maximum atomic E-state index is 14.7. The Kier molecular flexibility index (Phi) is 6.32. The van der Waals surface area contributed by atoms with Crippen LogP contribution in [-0.2, 0) is 10.4 Å². The number of rotatable bonds is 6. The summed E-state index contributed by atoms with van der Waals surface area (Å²) in [6.07, 6.45) is 3.54. The molecule has 1 amide bonds. The number of hydrazone groups is 1. The van der Waals surface area contributed by atoms with Crippen LogP contribution in [0.5, 0.6) is 0 Å². The third kappa shape index (κ3) is 4.27. The number of aryl methyl sites for hydroxylation is 1. The molecule has 3 aromatic rings. The van der Waals surface area contributed by atoms with Crippen LogP contribution in [0.2, 0.25) is 0 Å². The van der Waals surface area contributed by atoms with Gasteiger partial charge in [-0.25, -0.2) is 9.82 Å². The largest absolute Gasteiger partial charge is 0.372 e. The van der Waals surface area contributed by atoms with Crippen molar-refractivity contribution in [2.24, 2.45) is 5.10 Å². The Hall–Kier alpha value is -3.51. The average Bonchev–Trinajstić information content (AvgIpc) is 3.36. The van der Waals surface area contributed by atoms with Gasteiger partial charge in [-0.2, -0.15) is 5.10 Å². The molecule has 1 fully saturated rings. The molecule has 164 valence electrons. The smallest absolute Gasteiger partial charge is 0.281 e. The molecule has 2 N–H and O–H groups in total. The topological polar surface area (TPSA) is 64.9 Å². The van der Waals surface area contributed by atoms with Crippen LogP contribution < -0.4 is 10.3 Å². The van der Waals surface area contributed by atoms with Crippen LogP contribution in [0.3, 0.4) is 0 Å². The van der Waals surface area contributed by atoms with E-state index in [1.807, 2.05) is 30.0 Å². The Morgan fingerprint density at radius 3 is 2.16 bits per heavy atom. The van der Waals surface area contributed by atoms with E-state index in [0.717, 1.165) is 31.5 Å². The highest BCUT2D eigenvalue weighted by Crippen LogP contribution is 2.30. The van der Waals surface area contributed by atoms with Crippen LogP contribution in [0.4, 0.5) is 10.1 Å². The molecule has 4 rings (SSSR count). The molecule has 5 nitrogen and oxygen atoms in total. The molecule has 0 unspecified atom stereocenters. The van der Waals surface area contributed by atoms with Gasteiger partial charge in [0.25, 0.3) is 5.91 Å². The number of halogens is 1. The van der Waals surface area contributed by atoms with Gasteiger partial charge in [-0.15, -0.1) is 0 Å². The van der Waals surface area contributed by atoms with Gasteiger partial charge in [-0.3, -0.25) is 4.79 Å². The zero-order valence-corrected chi connectivity index (χ0v) is 18.0. The van der Waals surface area contributed by atoms with Crippen molar-refractivity contribution in [3.8, 4) is 0 Å². The SMILES string of the molecule is Cc1cc(N2CCCC2)c(F)cc1/C=N\NC(=O)C(O)(c1ccccc1)c1ccccc1. The van der Waals surface area contributed by atoms with Gasteiger partial charge in [0.1, 0.15) is 5.82 Å². The van der Waals surface area contributed by atoms with Crippen molar-refractivity contribution >= 4 is 17.8 Å². The molecule has 32 heavy (non-hydrogen) atoms. The van der Waals surface area contributed by atoms with Crippen molar-refractivity contribution in [1.29, 1.82) is 0 Å². The molecule has 0 atom stereocenters. The summed E-state index contributed by atoms with van der Waals surface area (Å²) in [5.41, 5.74) is 3.39. The molecule has 1 heterocycles. The summed E-state index contributed by atoms with van der Waals surface area (Å²) in [5.74, 6) is -1.01. The molecule has 0 bridgehead atoms. The molecule has 1 aliphatic heterocycles. The number of carbonyl (C=O) groups excluding carboxylic acids is 1. The van der Waals surface area contributed by atoms with Gasteiger partial charge in [0.15, 0.2) is 5.60 Å². The number of nitrogens with one attached hydrogen (secondary N) is 1. The van der Waals surface area contributed by atoms with E-state index in [1.165, 1.54) is 12.3 Å². The summed E-state index contributed by atoms with van der Waals surface area (Å²) in [5, 5.41) is 15.4. The highest BCUT2D eigenvalue weighted by atomic mass is 19.1. The van der Waals surface area contributed by atoms with Crippen LogP contribution in [0.15, 0.2) is 77.9 Å². The van der Waals surface area contributed by atoms with Crippen LogP contribution in [-0.4, -0.2) is 30.3 Å². The van der Waals surface area contributed by atoms with Crippen molar-refractivity contribution in [2.45, 2.75) is 25.4 Å². The first kappa shape index (κ1) is 21.7. The highest BCUT2D eigenvalue weighted by molar-refractivity contribution is 5.91. The summed E-state index contributed by atoms with van der Waals surface area (Å²) in [6, 6.07) is 20.7. The molecular weight excluding hydrogens is 405 g/mol. The maximum Gasteiger partial charge on any atom is 0.281 e. The monoisotopic (exact) mass is 431 g/mol. The zero-order valence-electron chi connectivity index (χ0n) is 18.0. The van der Waals surface area contributed by atoms with Gasteiger partial charge in [-0.1, -0.05) is 60.7 Å². The minimum Gasteiger partial charge on any atom is -0.372 e. The molecule has 0 spiro atoms. The molecule has 6 heteroatoms. The fourth-order valence-corrected chi connectivity index (χ4v) is 4.05. The Labute approximate surface area is 187 Å². The number of amides is 1. The van der Waals surface area contributed by atoms with Gasteiger partial charge in [-0.05, 0) is 48.6 Å². The Morgan fingerprint density at radius 2 is 1.59 bits per heavy atom. The molecule has 1 saturated heterocycles. The second kappa shape index (κ2) is 9.32. The van der Waals surface area contributed by atoms with E-state index in [-0.39, 0.29) is 5.82 Å². The van der Waals surface area contributed by atoms with Crippen molar-refractivity contribution in [3.05, 3.63) is 101 Å². The number of benzene rings is 3. The molecule has 0 radical (unpaired) electrons.